The second-order valence-electron chi connectivity index (χ2n) is 6.51. The molecule has 2 aromatic rings. The van der Waals surface area contributed by atoms with Gasteiger partial charge in [-0.15, -0.1) is 35.3 Å². The number of nitrogens with zero attached hydrogens (tertiary/aromatic N) is 3. The highest BCUT2D eigenvalue weighted by molar-refractivity contribution is 14.0. The Kier molecular flexibility index (Phi) is 12.2. The number of nitrogens with one attached hydrogen (secondary N) is 2. The largest absolute Gasteiger partial charge is 0.497 e. The van der Waals surface area contributed by atoms with E-state index in [0.29, 0.717) is 0 Å². The van der Waals surface area contributed by atoms with E-state index in [2.05, 4.69) is 58.4 Å². The number of hydrogen-bond acceptors (Lipinski definition) is 5. The van der Waals surface area contributed by atoms with Gasteiger partial charge in [-0.25, -0.2) is 4.98 Å². The Hall–Kier alpha value is -1.39. The average Bonchev–Trinajstić information content (AvgIpc) is 3.14. The molecule has 162 valence electrons. The van der Waals surface area contributed by atoms with E-state index in [1.165, 1.54) is 10.4 Å². The van der Waals surface area contributed by atoms with Gasteiger partial charge in [-0.3, -0.25) is 9.89 Å². The molecule has 1 aromatic heterocycles. The molecule has 0 amide bonds. The standard InChI is InChI=1S/C21H33N5OS.HI/c1-6-26(7-2)19(17-9-8-10-18(13-17)27-5)15-25-21(22-4)23-12-11-20-24-14-16(3)28-20;/h8-10,13-14,19H,6-7,11-12,15H2,1-5H3,(H2,22,23,25);1H. The molecule has 0 saturated heterocycles. The zero-order chi connectivity index (χ0) is 20.4. The first-order valence-electron chi connectivity index (χ1n) is 9.85. The fourth-order valence-corrected chi connectivity index (χ4v) is 3.98. The summed E-state index contributed by atoms with van der Waals surface area (Å²) in [6.45, 7) is 10.0. The Morgan fingerprint density at radius 3 is 2.62 bits per heavy atom. The molecule has 1 atom stereocenters. The summed E-state index contributed by atoms with van der Waals surface area (Å²) in [5.74, 6) is 1.70. The van der Waals surface area contributed by atoms with Gasteiger partial charge in [-0.05, 0) is 37.7 Å². The summed E-state index contributed by atoms with van der Waals surface area (Å²) in [6, 6.07) is 8.55. The van der Waals surface area contributed by atoms with Crippen molar-refractivity contribution < 1.29 is 4.74 Å². The Morgan fingerprint density at radius 2 is 2.03 bits per heavy atom. The van der Waals surface area contributed by atoms with Crippen LogP contribution in [0.2, 0.25) is 0 Å². The monoisotopic (exact) mass is 531 g/mol. The van der Waals surface area contributed by atoms with Gasteiger partial charge in [-0.2, -0.15) is 0 Å². The summed E-state index contributed by atoms with van der Waals surface area (Å²) in [7, 11) is 3.51. The predicted octanol–water partition coefficient (Wildman–Crippen LogP) is 3.87. The van der Waals surface area contributed by atoms with Crippen molar-refractivity contribution in [2.45, 2.75) is 33.2 Å². The van der Waals surface area contributed by atoms with Crippen molar-refractivity contribution >= 4 is 41.3 Å². The number of hydrogen-bond donors (Lipinski definition) is 2. The molecule has 8 heteroatoms. The average molecular weight is 532 g/mol. The van der Waals surface area contributed by atoms with Gasteiger partial charge in [0, 0.05) is 37.6 Å². The highest BCUT2D eigenvalue weighted by atomic mass is 127. The fraction of sp³-hybridized carbons (Fsp3) is 0.524. The molecule has 0 spiro atoms. The van der Waals surface area contributed by atoms with Crippen LogP contribution in [0.3, 0.4) is 0 Å². The van der Waals surface area contributed by atoms with Gasteiger partial charge in [0.1, 0.15) is 5.75 Å². The highest BCUT2D eigenvalue weighted by Gasteiger charge is 2.19. The summed E-state index contributed by atoms with van der Waals surface area (Å²) in [5.41, 5.74) is 1.24. The third-order valence-electron chi connectivity index (χ3n) is 4.72. The highest BCUT2D eigenvalue weighted by Crippen LogP contribution is 2.23. The van der Waals surface area contributed by atoms with E-state index < -0.39 is 0 Å². The third-order valence-corrected chi connectivity index (χ3v) is 5.69. The predicted molar refractivity (Wildman–Crippen MR) is 134 cm³/mol. The van der Waals surface area contributed by atoms with Crippen molar-refractivity contribution in [1.29, 1.82) is 0 Å². The molecule has 0 bridgehead atoms. The zero-order valence-electron chi connectivity index (χ0n) is 18.1. The van der Waals surface area contributed by atoms with Gasteiger partial charge >= 0.3 is 0 Å². The number of rotatable bonds is 10. The van der Waals surface area contributed by atoms with Crippen LogP contribution >= 0.6 is 35.3 Å². The molecule has 1 unspecified atom stereocenters. The lowest BCUT2D eigenvalue weighted by Gasteiger charge is -2.31. The van der Waals surface area contributed by atoms with Crippen LogP contribution in [0.4, 0.5) is 0 Å². The van der Waals surface area contributed by atoms with E-state index in [1.807, 2.05) is 18.3 Å². The second-order valence-corrected chi connectivity index (χ2v) is 7.83. The lowest BCUT2D eigenvalue weighted by molar-refractivity contribution is 0.218. The molecule has 0 radical (unpaired) electrons. The van der Waals surface area contributed by atoms with E-state index in [4.69, 9.17) is 4.74 Å². The second kappa shape index (κ2) is 13.8. The normalized spacial score (nSPS) is 12.4. The van der Waals surface area contributed by atoms with E-state index >= 15 is 0 Å². The maximum atomic E-state index is 5.42. The topological polar surface area (TPSA) is 61.8 Å². The minimum absolute atomic E-state index is 0. The van der Waals surface area contributed by atoms with Gasteiger partial charge in [0.15, 0.2) is 5.96 Å². The van der Waals surface area contributed by atoms with Crippen molar-refractivity contribution in [3.8, 4) is 5.75 Å². The maximum absolute atomic E-state index is 5.42. The summed E-state index contributed by atoms with van der Waals surface area (Å²) in [5, 5.41) is 8.03. The quantitative estimate of drug-likeness (QED) is 0.277. The minimum atomic E-state index is 0. The van der Waals surface area contributed by atoms with Gasteiger partial charge in [-0.1, -0.05) is 26.0 Å². The van der Waals surface area contributed by atoms with Crippen molar-refractivity contribution in [3.63, 3.8) is 0 Å². The third kappa shape index (κ3) is 8.10. The van der Waals surface area contributed by atoms with E-state index in [0.717, 1.165) is 49.3 Å². The first-order chi connectivity index (χ1) is 13.6. The Labute approximate surface area is 196 Å². The smallest absolute Gasteiger partial charge is 0.191 e. The number of ether oxygens (including phenoxy) is 1. The van der Waals surface area contributed by atoms with Crippen LogP contribution in [0.5, 0.6) is 5.75 Å². The summed E-state index contributed by atoms with van der Waals surface area (Å²) < 4.78 is 5.42. The molecule has 1 heterocycles. The van der Waals surface area contributed by atoms with Gasteiger partial charge in [0.25, 0.3) is 0 Å². The number of aromatic nitrogens is 1. The lowest BCUT2D eigenvalue weighted by atomic mass is 10.0. The van der Waals surface area contributed by atoms with Crippen molar-refractivity contribution in [3.05, 3.63) is 45.9 Å². The van der Waals surface area contributed by atoms with Gasteiger partial charge in [0.2, 0.25) is 0 Å². The number of likely N-dealkylation sites (N-methyl/N-ethyl adjacent to an activating group) is 1. The number of thiazole rings is 1. The molecule has 2 N–H and O–H groups in total. The number of halogens is 1. The Bertz CT molecular complexity index is 748. The first kappa shape index (κ1) is 25.6. The molecule has 6 nitrogen and oxygen atoms in total. The van der Waals surface area contributed by atoms with Crippen molar-refractivity contribution in [1.82, 2.24) is 20.5 Å². The minimum Gasteiger partial charge on any atom is -0.497 e. The summed E-state index contributed by atoms with van der Waals surface area (Å²) in [6.07, 6.45) is 2.82. The van der Waals surface area contributed by atoms with E-state index in [1.54, 1.807) is 25.5 Å². The Morgan fingerprint density at radius 1 is 1.28 bits per heavy atom. The molecule has 0 fully saturated rings. The van der Waals surface area contributed by atoms with Crippen molar-refractivity contribution in [2.24, 2.45) is 4.99 Å². The van der Waals surface area contributed by atoms with Crippen LogP contribution in [0.1, 0.15) is 35.3 Å². The fourth-order valence-electron chi connectivity index (χ4n) is 3.19. The molecular formula is C21H34IN5OS. The van der Waals surface area contributed by atoms with Crippen LogP contribution in [0.25, 0.3) is 0 Å². The van der Waals surface area contributed by atoms with Gasteiger partial charge < -0.3 is 15.4 Å². The van der Waals surface area contributed by atoms with Crippen molar-refractivity contribution in [2.75, 3.05) is 40.3 Å². The molecule has 29 heavy (non-hydrogen) atoms. The number of aliphatic imine (C=N–C) groups is 1. The molecule has 2 rings (SSSR count). The molecule has 0 aliphatic carbocycles. The molecule has 0 aliphatic rings. The molecular weight excluding hydrogens is 497 g/mol. The zero-order valence-corrected chi connectivity index (χ0v) is 21.2. The number of guanidine groups is 1. The Balaban J connectivity index is 0.00000420. The number of benzene rings is 1. The number of aryl methyl sites for hydroxylation is 1. The van der Waals surface area contributed by atoms with Gasteiger partial charge in [0.05, 0.1) is 18.2 Å². The van der Waals surface area contributed by atoms with Crippen LogP contribution < -0.4 is 15.4 Å². The van der Waals surface area contributed by atoms with Crippen LogP contribution in [0, 0.1) is 6.92 Å². The molecule has 0 saturated carbocycles. The van der Waals surface area contributed by atoms with Crippen LogP contribution in [-0.4, -0.2) is 56.2 Å². The van der Waals surface area contributed by atoms with Crippen LogP contribution in [0.15, 0.2) is 35.5 Å². The summed E-state index contributed by atoms with van der Waals surface area (Å²) >= 11 is 1.75. The van der Waals surface area contributed by atoms with E-state index in [9.17, 15) is 0 Å². The summed E-state index contributed by atoms with van der Waals surface area (Å²) in [4.78, 5) is 12.5. The maximum Gasteiger partial charge on any atom is 0.191 e. The SMILES string of the molecule is CCN(CC)C(CNC(=NC)NCCc1ncc(C)s1)c1cccc(OC)c1.I. The molecule has 0 aliphatic heterocycles. The van der Waals surface area contributed by atoms with E-state index in [-0.39, 0.29) is 30.0 Å². The first-order valence-corrected chi connectivity index (χ1v) is 10.7. The number of methoxy groups -OCH3 is 1. The van der Waals surface area contributed by atoms with Crippen LogP contribution in [-0.2, 0) is 6.42 Å². The lowest BCUT2D eigenvalue weighted by Crippen LogP contribution is -2.43. The molecule has 1 aromatic carbocycles.